The number of benzene rings is 2. The van der Waals surface area contributed by atoms with Crippen LogP contribution in [0.25, 0.3) is 22.0 Å². The van der Waals surface area contributed by atoms with Gasteiger partial charge in [-0.1, -0.05) is 30.5 Å². The first-order chi connectivity index (χ1) is 18.3. The number of Topliss-reactive ketones (excluding diaryl/α,β-unsaturated/α-hetero) is 1. The number of hydrogen-bond acceptors (Lipinski definition) is 6. The topological polar surface area (TPSA) is 74.7 Å². The number of aromatic hydroxyl groups is 1. The molecule has 2 saturated carbocycles. The highest BCUT2D eigenvalue weighted by Gasteiger charge is 2.29. The first-order valence-corrected chi connectivity index (χ1v) is 14.2. The first kappa shape index (κ1) is 26.8. The smallest absolute Gasteiger partial charge is 0.176 e. The van der Waals surface area contributed by atoms with E-state index in [2.05, 4.69) is 30.4 Å². The summed E-state index contributed by atoms with van der Waals surface area (Å²) in [4.78, 5) is 20.7. The van der Waals surface area contributed by atoms with Crippen molar-refractivity contribution in [2.75, 3.05) is 33.1 Å². The summed E-state index contributed by atoms with van der Waals surface area (Å²) >= 11 is 6.31. The van der Waals surface area contributed by atoms with E-state index in [1.165, 1.54) is 20.0 Å². The maximum Gasteiger partial charge on any atom is 0.176 e. The SMILES string of the molecule is COc1cc(-c2ccc3ncc(C(=O)C4CCCC4)c(N[C@H]4CC[C@H](CN(C)C)CC4)c3c2)cc(Cl)c1O. The van der Waals surface area contributed by atoms with E-state index in [0.717, 1.165) is 78.7 Å². The van der Waals surface area contributed by atoms with Crippen LogP contribution in [0, 0.1) is 11.8 Å². The maximum absolute atomic E-state index is 13.7. The molecule has 0 unspecified atom stereocenters. The Morgan fingerprint density at radius 2 is 1.82 bits per heavy atom. The fourth-order valence-electron chi connectivity index (χ4n) is 6.23. The van der Waals surface area contributed by atoms with Crippen LogP contribution < -0.4 is 10.1 Å². The molecule has 5 rings (SSSR count). The zero-order chi connectivity index (χ0) is 26.8. The number of phenolic OH excluding ortho intramolecular Hbond substituents is 1. The van der Waals surface area contributed by atoms with Gasteiger partial charge >= 0.3 is 0 Å². The minimum absolute atomic E-state index is 0.0722. The molecule has 0 spiro atoms. The number of ketones is 1. The van der Waals surface area contributed by atoms with Gasteiger partial charge < -0.3 is 20.1 Å². The third-order valence-corrected chi connectivity index (χ3v) is 8.55. The number of pyridine rings is 1. The van der Waals surface area contributed by atoms with Gasteiger partial charge in [-0.05, 0) is 93.9 Å². The van der Waals surface area contributed by atoms with E-state index >= 15 is 0 Å². The van der Waals surface area contributed by atoms with Gasteiger partial charge in [0.1, 0.15) is 0 Å². The normalized spacial score (nSPS) is 20.2. The van der Waals surface area contributed by atoms with Crippen LogP contribution in [-0.2, 0) is 0 Å². The molecule has 2 aromatic carbocycles. The predicted octanol–water partition coefficient (Wildman–Crippen LogP) is 7.17. The number of aromatic nitrogens is 1. The van der Waals surface area contributed by atoms with Gasteiger partial charge in [0.15, 0.2) is 17.3 Å². The molecule has 38 heavy (non-hydrogen) atoms. The molecule has 2 N–H and O–H groups in total. The number of anilines is 1. The van der Waals surface area contributed by atoms with Gasteiger partial charge in [0.2, 0.25) is 0 Å². The van der Waals surface area contributed by atoms with Crippen molar-refractivity contribution in [1.82, 2.24) is 9.88 Å². The lowest BCUT2D eigenvalue weighted by Gasteiger charge is -2.32. The Morgan fingerprint density at radius 1 is 1.08 bits per heavy atom. The third kappa shape index (κ3) is 5.62. The number of halogens is 1. The highest BCUT2D eigenvalue weighted by molar-refractivity contribution is 6.32. The Hall–Kier alpha value is -2.83. The molecule has 1 aromatic heterocycles. The molecule has 0 radical (unpaired) electrons. The summed E-state index contributed by atoms with van der Waals surface area (Å²) in [6.07, 6.45) is 10.5. The Labute approximate surface area is 230 Å². The Kier molecular flexibility index (Phi) is 8.10. The molecule has 0 saturated heterocycles. The van der Waals surface area contributed by atoms with Crippen molar-refractivity contribution >= 4 is 34.0 Å². The average Bonchev–Trinajstić information content (AvgIpc) is 3.46. The van der Waals surface area contributed by atoms with Gasteiger partial charge in [-0.25, -0.2) is 0 Å². The van der Waals surface area contributed by atoms with E-state index in [-0.39, 0.29) is 22.5 Å². The summed E-state index contributed by atoms with van der Waals surface area (Å²) in [6, 6.07) is 9.90. The zero-order valence-corrected chi connectivity index (χ0v) is 23.4. The molecule has 6 nitrogen and oxygen atoms in total. The van der Waals surface area contributed by atoms with Crippen LogP contribution in [0.4, 0.5) is 5.69 Å². The number of nitrogens with one attached hydrogen (secondary N) is 1. The van der Waals surface area contributed by atoms with Gasteiger partial charge in [-0.3, -0.25) is 9.78 Å². The van der Waals surface area contributed by atoms with Crippen molar-refractivity contribution in [3.05, 3.63) is 47.1 Å². The van der Waals surface area contributed by atoms with E-state index in [1.807, 2.05) is 12.1 Å². The fourth-order valence-corrected chi connectivity index (χ4v) is 6.44. The quantitative estimate of drug-likeness (QED) is 0.298. The summed E-state index contributed by atoms with van der Waals surface area (Å²) < 4.78 is 5.33. The molecule has 0 bridgehead atoms. The predicted molar refractivity (Wildman–Crippen MR) is 155 cm³/mol. The molecule has 3 aromatic rings. The number of hydrogen-bond donors (Lipinski definition) is 2. The highest BCUT2D eigenvalue weighted by atomic mass is 35.5. The van der Waals surface area contributed by atoms with Gasteiger partial charge in [0.05, 0.1) is 28.9 Å². The van der Waals surface area contributed by atoms with Crippen molar-refractivity contribution in [1.29, 1.82) is 0 Å². The number of nitrogens with zero attached hydrogens (tertiary/aromatic N) is 2. The van der Waals surface area contributed by atoms with Crippen molar-refractivity contribution in [2.24, 2.45) is 11.8 Å². The molecule has 7 heteroatoms. The average molecular weight is 536 g/mol. The molecule has 202 valence electrons. The summed E-state index contributed by atoms with van der Waals surface area (Å²) in [5.41, 5.74) is 4.20. The summed E-state index contributed by atoms with van der Waals surface area (Å²) in [7, 11) is 5.79. The molecule has 2 aliphatic carbocycles. The van der Waals surface area contributed by atoms with Crippen LogP contribution in [0.1, 0.15) is 61.7 Å². The standard InChI is InChI=1S/C31H38ClN3O3/c1-35(2)18-19-8-11-23(12-9-19)34-29-24-14-21(22-15-26(32)31(37)28(16-22)38-3)10-13-27(24)33-17-25(29)30(36)20-6-4-5-7-20/h10,13-17,19-20,23,37H,4-9,11-12,18H2,1-3H3,(H,33,34)/t19-,23-. The molecule has 2 fully saturated rings. The van der Waals surface area contributed by atoms with Crippen LogP contribution in [0.3, 0.4) is 0 Å². The van der Waals surface area contributed by atoms with Crippen molar-refractivity contribution in [3.8, 4) is 22.6 Å². The monoisotopic (exact) mass is 535 g/mol. The minimum atomic E-state index is -0.0722. The van der Waals surface area contributed by atoms with E-state index < -0.39 is 0 Å². The van der Waals surface area contributed by atoms with Crippen molar-refractivity contribution in [3.63, 3.8) is 0 Å². The Balaban J connectivity index is 1.54. The fraction of sp³-hybridized carbons (Fsp3) is 0.484. The summed E-state index contributed by atoms with van der Waals surface area (Å²) in [5, 5.41) is 15.2. The second kappa shape index (κ2) is 11.5. The molecular weight excluding hydrogens is 498 g/mol. The number of carbonyl (C=O) groups is 1. The van der Waals surface area contributed by atoms with Gasteiger partial charge in [-0.2, -0.15) is 0 Å². The molecular formula is C31H38ClN3O3. The Morgan fingerprint density at radius 3 is 2.50 bits per heavy atom. The maximum atomic E-state index is 13.7. The number of ether oxygens (including phenoxy) is 1. The van der Waals surface area contributed by atoms with Crippen LogP contribution in [-0.4, -0.2) is 54.6 Å². The molecule has 2 aliphatic rings. The largest absolute Gasteiger partial charge is 0.503 e. The van der Waals surface area contributed by atoms with E-state index in [1.54, 1.807) is 18.3 Å². The zero-order valence-electron chi connectivity index (χ0n) is 22.6. The molecule has 0 amide bonds. The van der Waals surface area contributed by atoms with Gasteiger partial charge in [-0.15, -0.1) is 0 Å². The summed E-state index contributed by atoms with van der Waals surface area (Å²) in [6.45, 7) is 1.12. The molecule has 0 atom stereocenters. The lowest BCUT2D eigenvalue weighted by atomic mass is 9.85. The van der Waals surface area contributed by atoms with Gasteiger partial charge in [0.25, 0.3) is 0 Å². The number of fused-ring (bicyclic) bond motifs is 1. The Bertz CT molecular complexity index is 1310. The van der Waals surface area contributed by atoms with E-state index in [0.29, 0.717) is 17.4 Å². The number of rotatable bonds is 8. The number of carbonyl (C=O) groups excluding carboxylic acids is 1. The summed E-state index contributed by atoms with van der Waals surface area (Å²) in [5.74, 6) is 1.26. The van der Waals surface area contributed by atoms with E-state index in [4.69, 9.17) is 21.3 Å². The second-order valence-electron chi connectivity index (χ2n) is 11.3. The van der Waals surface area contributed by atoms with Crippen LogP contribution in [0.15, 0.2) is 36.5 Å². The highest BCUT2D eigenvalue weighted by Crippen LogP contribution is 2.41. The van der Waals surface area contributed by atoms with Crippen LogP contribution >= 0.6 is 11.6 Å². The van der Waals surface area contributed by atoms with Crippen molar-refractivity contribution in [2.45, 2.75) is 57.4 Å². The first-order valence-electron chi connectivity index (χ1n) is 13.8. The minimum Gasteiger partial charge on any atom is -0.503 e. The van der Waals surface area contributed by atoms with Crippen molar-refractivity contribution < 1.29 is 14.6 Å². The number of methoxy groups -OCH3 is 1. The second-order valence-corrected chi connectivity index (χ2v) is 11.7. The van der Waals surface area contributed by atoms with Crippen LogP contribution in [0.5, 0.6) is 11.5 Å². The lowest BCUT2D eigenvalue weighted by molar-refractivity contribution is 0.0923. The molecule has 1 heterocycles. The van der Waals surface area contributed by atoms with Crippen LogP contribution in [0.2, 0.25) is 5.02 Å². The lowest BCUT2D eigenvalue weighted by Crippen LogP contribution is -2.31. The number of phenols is 1. The molecule has 0 aliphatic heterocycles. The third-order valence-electron chi connectivity index (χ3n) is 8.26. The van der Waals surface area contributed by atoms with E-state index in [9.17, 15) is 9.90 Å². The van der Waals surface area contributed by atoms with Gasteiger partial charge in [0, 0.05) is 30.1 Å².